The van der Waals surface area contributed by atoms with Gasteiger partial charge < -0.3 is 5.32 Å². The topological polar surface area (TPSA) is 46.9 Å². The molecule has 1 aromatic heterocycles. The Hall–Kier alpha value is -1.81. The van der Waals surface area contributed by atoms with E-state index in [1.165, 1.54) is 6.42 Å². The molecule has 0 unspecified atom stereocenters. The average molecular weight is 318 g/mol. The van der Waals surface area contributed by atoms with Gasteiger partial charge in [-0.3, -0.25) is 9.48 Å². The molecule has 0 bridgehead atoms. The van der Waals surface area contributed by atoms with E-state index in [-0.39, 0.29) is 11.8 Å². The van der Waals surface area contributed by atoms with Gasteiger partial charge in [0, 0.05) is 17.1 Å². The largest absolute Gasteiger partial charge is 0.323 e. The van der Waals surface area contributed by atoms with Gasteiger partial charge in [-0.1, -0.05) is 43.0 Å². The van der Waals surface area contributed by atoms with E-state index >= 15 is 0 Å². The molecular weight excluding hydrogens is 298 g/mol. The van der Waals surface area contributed by atoms with Crippen LogP contribution in [0.15, 0.2) is 36.7 Å². The van der Waals surface area contributed by atoms with Gasteiger partial charge in [-0.2, -0.15) is 5.10 Å². The summed E-state index contributed by atoms with van der Waals surface area (Å²) in [5.74, 6) is 0.284. The molecule has 22 heavy (non-hydrogen) atoms. The lowest BCUT2D eigenvalue weighted by molar-refractivity contribution is -0.120. The van der Waals surface area contributed by atoms with E-state index in [4.69, 9.17) is 11.6 Å². The smallest absolute Gasteiger partial charge is 0.227 e. The quantitative estimate of drug-likeness (QED) is 0.922. The summed E-state index contributed by atoms with van der Waals surface area (Å²) < 4.78 is 1.81. The molecule has 116 valence electrons. The maximum absolute atomic E-state index is 12.2. The van der Waals surface area contributed by atoms with Gasteiger partial charge in [0.1, 0.15) is 0 Å². The monoisotopic (exact) mass is 317 g/mol. The summed E-state index contributed by atoms with van der Waals surface area (Å²) in [5.41, 5.74) is 1.85. The van der Waals surface area contributed by atoms with Gasteiger partial charge in [0.15, 0.2) is 0 Å². The van der Waals surface area contributed by atoms with Crippen molar-refractivity contribution in [2.45, 2.75) is 38.6 Å². The molecule has 4 nitrogen and oxygen atoms in total. The second-order valence-corrected chi connectivity index (χ2v) is 6.32. The fraction of sp³-hybridized carbons (Fsp3) is 0.412. The number of halogens is 1. The third-order valence-corrected chi connectivity index (χ3v) is 4.35. The average Bonchev–Trinajstić information content (AvgIpc) is 2.95. The minimum absolute atomic E-state index is 0.127. The number of anilines is 1. The van der Waals surface area contributed by atoms with E-state index in [0.29, 0.717) is 6.54 Å². The summed E-state index contributed by atoms with van der Waals surface area (Å²) in [7, 11) is 0. The van der Waals surface area contributed by atoms with Crippen LogP contribution in [0, 0.1) is 5.92 Å². The van der Waals surface area contributed by atoms with E-state index in [0.717, 1.165) is 42.0 Å². The summed E-state index contributed by atoms with van der Waals surface area (Å²) in [4.78, 5) is 12.2. The van der Waals surface area contributed by atoms with E-state index in [1.54, 1.807) is 6.20 Å². The predicted molar refractivity (Wildman–Crippen MR) is 88.0 cm³/mol. The van der Waals surface area contributed by atoms with Crippen LogP contribution in [0.4, 0.5) is 5.69 Å². The summed E-state index contributed by atoms with van der Waals surface area (Å²) in [6.45, 7) is 0.639. The second kappa shape index (κ2) is 6.97. The van der Waals surface area contributed by atoms with Crippen LogP contribution < -0.4 is 5.32 Å². The number of rotatable bonds is 4. The van der Waals surface area contributed by atoms with Gasteiger partial charge in [0.2, 0.25) is 5.91 Å². The Morgan fingerprint density at radius 2 is 2.14 bits per heavy atom. The number of hydrogen-bond acceptors (Lipinski definition) is 2. The van der Waals surface area contributed by atoms with Crippen molar-refractivity contribution in [1.29, 1.82) is 0 Å². The first-order valence-electron chi connectivity index (χ1n) is 7.78. The Balaban J connectivity index is 1.60. The van der Waals surface area contributed by atoms with Crippen molar-refractivity contribution in [2.24, 2.45) is 5.92 Å². The van der Waals surface area contributed by atoms with Crippen LogP contribution in [0.5, 0.6) is 0 Å². The second-order valence-electron chi connectivity index (χ2n) is 5.88. The minimum atomic E-state index is 0.127. The zero-order valence-corrected chi connectivity index (χ0v) is 13.2. The van der Waals surface area contributed by atoms with E-state index in [1.807, 2.05) is 35.1 Å². The number of carbonyl (C=O) groups excluding carboxylic acids is 1. The van der Waals surface area contributed by atoms with Crippen molar-refractivity contribution in [3.63, 3.8) is 0 Å². The number of aromatic nitrogens is 2. The number of hydrogen-bond donors (Lipinski definition) is 1. The highest BCUT2D eigenvalue weighted by molar-refractivity contribution is 6.30. The molecule has 1 fully saturated rings. The Bertz CT molecular complexity index is 647. The molecule has 3 rings (SSSR count). The van der Waals surface area contributed by atoms with Crippen LogP contribution in [0.25, 0.3) is 0 Å². The minimum Gasteiger partial charge on any atom is -0.323 e. The highest BCUT2D eigenvalue weighted by atomic mass is 35.5. The predicted octanol–water partition coefficient (Wildman–Crippen LogP) is 4.10. The Labute approximate surface area is 135 Å². The molecule has 0 spiro atoms. The SMILES string of the molecule is O=C(Nc1cnn(Cc2cccc(Cl)c2)c1)C1CCCCC1. The zero-order valence-electron chi connectivity index (χ0n) is 12.5. The molecule has 1 saturated carbocycles. The Kier molecular flexibility index (Phi) is 4.78. The fourth-order valence-electron chi connectivity index (χ4n) is 2.95. The number of nitrogens with zero attached hydrogens (tertiary/aromatic N) is 2. The standard InChI is InChI=1S/C17H20ClN3O/c18-15-8-4-5-13(9-15)11-21-12-16(10-19-21)20-17(22)14-6-2-1-3-7-14/h4-5,8-10,12,14H,1-3,6-7,11H2,(H,20,22). The van der Waals surface area contributed by atoms with Crippen molar-refractivity contribution < 1.29 is 4.79 Å². The van der Waals surface area contributed by atoms with Crippen LogP contribution in [0.1, 0.15) is 37.7 Å². The third-order valence-electron chi connectivity index (χ3n) is 4.11. The lowest BCUT2D eigenvalue weighted by Gasteiger charge is -2.20. The molecule has 5 heteroatoms. The van der Waals surface area contributed by atoms with E-state index < -0.39 is 0 Å². The van der Waals surface area contributed by atoms with Crippen LogP contribution in [0.2, 0.25) is 5.02 Å². The van der Waals surface area contributed by atoms with Crippen molar-refractivity contribution in [3.05, 3.63) is 47.2 Å². The van der Waals surface area contributed by atoms with E-state index in [9.17, 15) is 4.79 Å². The maximum atomic E-state index is 12.2. The Morgan fingerprint density at radius 3 is 2.91 bits per heavy atom. The number of benzene rings is 1. The summed E-state index contributed by atoms with van der Waals surface area (Å²) in [6, 6.07) is 7.70. The molecule has 1 amide bonds. The highest BCUT2D eigenvalue weighted by Crippen LogP contribution is 2.25. The first-order valence-corrected chi connectivity index (χ1v) is 8.16. The van der Waals surface area contributed by atoms with Gasteiger partial charge in [-0.05, 0) is 30.5 Å². The van der Waals surface area contributed by atoms with Crippen LogP contribution in [-0.4, -0.2) is 15.7 Å². The molecule has 1 heterocycles. The molecule has 1 N–H and O–H groups in total. The highest BCUT2D eigenvalue weighted by Gasteiger charge is 2.21. The molecule has 1 aliphatic rings. The number of nitrogens with one attached hydrogen (secondary N) is 1. The molecule has 0 aliphatic heterocycles. The zero-order chi connectivity index (χ0) is 15.4. The van der Waals surface area contributed by atoms with Crippen LogP contribution in [0.3, 0.4) is 0 Å². The first-order chi connectivity index (χ1) is 10.7. The number of amides is 1. The lowest BCUT2D eigenvalue weighted by Crippen LogP contribution is -2.24. The van der Waals surface area contributed by atoms with Crippen molar-refractivity contribution in [2.75, 3.05) is 5.32 Å². The lowest BCUT2D eigenvalue weighted by atomic mass is 9.89. The van der Waals surface area contributed by atoms with Crippen LogP contribution in [-0.2, 0) is 11.3 Å². The third kappa shape index (κ3) is 3.89. The van der Waals surface area contributed by atoms with Crippen molar-refractivity contribution in [1.82, 2.24) is 9.78 Å². The normalized spacial score (nSPS) is 15.7. The first kappa shape index (κ1) is 15.1. The van der Waals surface area contributed by atoms with Crippen LogP contribution >= 0.6 is 11.6 Å². The molecule has 1 aliphatic carbocycles. The molecule has 1 aromatic carbocycles. The molecule has 0 radical (unpaired) electrons. The van der Waals surface area contributed by atoms with Gasteiger partial charge in [-0.15, -0.1) is 0 Å². The van der Waals surface area contributed by atoms with Crippen molar-refractivity contribution in [3.8, 4) is 0 Å². The van der Waals surface area contributed by atoms with E-state index in [2.05, 4.69) is 10.4 Å². The van der Waals surface area contributed by atoms with Crippen molar-refractivity contribution >= 4 is 23.2 Å². The maximum Gasteiger partial charge on any atom is 0.227 e. The Morgan fingerprint density at radius 1 is 1.32 bits per heavy atom. The number of carbonyl (C=O) groups is 1. The molecule has 0 atom stereocenters. The van der Waals surface area contributed by atoms with Gasteiger partial charge in [0.05, 0.1) is 18.4 Å². The summed E-state index contributed by atoms with van der Waals surface area (Å²) in [6.07, 6.45) is 9.14. The van der Waals surface area contributed by atoms with Gasteiger partial charge >= 0.3 is 0 Å². The summed E-state index contributed by atoms with van der Waals surface area (Å²) >= 11 is 5.98. The molecule has 0 saturated heterocycles. The summed E-state index contributed by atoms with van der Waals surface area (Å²) in [5, 5.41) is 8.00. The molecule has 2 aromatic rings. The molecular formula is C17H20ClN3O. The van der Waals surface area contributed by atoms with Gasteiger partial charge in [0.25, 0.3) is 0 Å². The van der Waals surface area contributed by atoms with Gasteiger partial charge in [-0.25, -0.2) is 0 Å². The fourth-order valence-corrected chi connectivity index (χ4v) is 3.16.